The maximum absolute atomic E-state index is 12.1. The average Bonchev–Trinajstić information content (AvgIpc) is 2.66. The summed E-state index contributed by atoms with van der Waals surface area (Å²) in [5, 5.41) is 5.13. The van der Waals surface area contributed by atoms with Gasteiger partial charge in [0.1, 0.15) is 0 Å². The summed E-state index contributed by atoms with van der Waals surface area (Å²) in [4.78, 5) is 24.2. The first kappa shape index (κ1) is 19.1. The van der Waals surface area contributed by atoms with Crippen molar-refractivity contribution in [3.8, 4) is 17.2 Å². The molecular weight excluding hydrogens is 336 g/mol. The van der Waals surface area contributed by atoms with E-state index >= 15 is 0 Å². The molecule has 0 unspecified atom stereocenters. The molecular formula is C19H22N2O5. The predicted octanol–water partition coefficient (Wildman–Crippen LogP) is 2.28. The van der Waals surface area contributed by atoms with E-state index in [9.17, 15) is 9.59 Å². The van der Waals surface area contributed by atoms with Gasteiger partial charge < -0.3 is 24.8 Å². The number of amides is 2. The van der Waals surface area contributed by atoms with Crippen molar-refractivity contribution in [2.75, 3.05) is 26.6 Å². The van der Waals surface area contributed by atoms with E-state index in [2.05, 4.69) is 10.6 Å². The lowest BCUT2D eigenvalue weighted by Crippen LogP contribution is -2.35. The van der Waals surface area contributed by atoms with E-state index in [1.807, 2.05) is 31.2 Å². The molecule has 0 aliphatic heterocycles. The van der Waals surface area contributed by atoms with E-state index in [1.54, 1.807) is 12.1 Å². The number of anilines is 1. The van der Waals surface area contributed by atoms with Crippen molar-refractivity contribution in [2.45, 2.75) is 13.5 Å². The third kappa shape index (κ3) is 4.44. The number of carbonyl (C=O) groups is 2. The molecule has 0 bridgehead atoms. The minimum atomic E-state index is -0.784. The summed E-state index contributed by atoms with van der Waals surface area (Å²) in [6.45, 7) is 2.21. The van der Waals surface area contributed by atoms with Crippen LogP contribution in [0.15, 0.2) is 36.4 Å². The highest BCUT2D eigenvalue weighted by molar-refractivity contribution is 6.39. The Morgan fingerprint density at radius 1 is 0.923 bits per heavy atom. The topological polar surface area (TPSA) is 85.9 Å². The average molecular weight is 358 g/mol. The molecule has 138 valence electrons. The summed E-state index contributed by atoms with van der Waals surface area (Å²) in [6.07, 6.45) is 0. The first-order chi connectivity index (χ1) is 12.5. The Balaban J connectivity index is 2.06. The number of hydrogen-bond donors (Lipinski definition) is 2. The van der Waals surface area contributed by atoms with Gasteiger partial charge in [-0.3, -0.25) is 9.59 Å². The number of carbonyl (C=O) groups excluding carboxylic acids is 2. The minimum absolute atomic E-state index is 0.272. The lowest BCUT2D eigenvalue weighted by Gasteiger charge is -2.14. The van der Waals surface area contributed by atoms with Crippen molar-refractivity contribution in [1.82, 2.24) is 5.32 Å². The van der Waals surface area contributed by atoms with E-state index in [4.69, 9.17) is 14.2 Å². The summed E-state index contributed by atoms with van der Waals surface area (Å²) in [6, 6.07) is 10.7. The maximum Gasteiger partial charge on any atom is 0.313 e. The molecule has 2 amide bonds. The molecule has 2 N–H and O–H groups in total. The van der Waals surface area contributed by atoms with Crippen LogP contribution >= 0.6 is 0 Å². The van der Waals surface area contributed by atoms with Crippen LogP contribution in [0.25, 0.3) is 0 Å². The molecule has 0 heterocycles. The number of ether oxygens (including phenoxy) is 3. The maximum atomic E-state index is 12.1. The van der Waals surface area contributed by atoms with Crippen molar-refractivity contribution >= 4 is 17.5 Å². The molecule has 0 spiro atoms. The number of nitrogens with one attached hydrogen (secondary N) is 2. The lowest BCUT2D eigenvalue weighted by atomic mass is 10.1. The largest absolute Gasteiger partial charge is 0.493 e. The van der Waals surface area contributed by atoms with E-state index in [0.717, 1.165) is 11.1 Å². The Labute approximate surface area is 152 Å². The number of hydrogen-bond acceptors (Lipinski definition) is 5. The monoisotopic (exact) mass is 358 g/mol. The molecule has 7 heteroatoms. The number of methoxy groups -OCH3 is 3. The van der Waals surface area contributed by atoms with Gasteiger partial charge in [0.2, 0.25) is 5.75 Å². The quantitative estimate of drug-likeness (QED) is 0.774. The normalized spacial score (nSPS) is 10.0. The van der Waals surface area contributed by atoms with Gasteiger partial charge >= 0.3 is 11.8 Å². The SMILES string of the molecule is COc1cc(NC(=O)C(=O)NCc2ccccc2C)cc(OC)c1OC. The summed E-state index contributed by atoms with van der Waals surface area (Å²) in [5.41, 5.74) is 2.34. The van der Waals surface area contributed by atoms with Crippen LogP contribution in [0.4, 0.5) is 5.69 Å². The summed E-state index contributed by atoms with van der Waals surface area (Å²) in [7, 11) is 4.42. The smallest absolute Gasteiger partial charge is 0.313 e. The van der Waals surface area contributed by atoms with Crippen molar-refractivity contribution in [3.63, 3.8) is 0 Å². The molecule has 0 aromatic heterocycles. The minimum Gasteiger partial charge on any atom is -0.493 e. The van der Waals surface area contributed by atoms with Crippen LogP contribution in [0.3, 0.4) is 0 Å². The zero-order chi connectivity index (χ0) is 19.1. The molecule has 7 nitrogen and oxygen atoms in total. The van der Waals surface area contributed by atoms with Gasteiger partial charge in [0.25, 0.3) is 0 Å². The molecule has 0 aliphatic carbocycles. The molecule has 0 radical (unpaired) electrons. The van der Waals surface area contributed by atoms with Gasteiger partial charge in [0.05, 0.1) is 21.3 Å². The molecule has 0 saturated heterocycles. The van der Waals surface area contributed by atoms with Crippen LogP contribution in [0.1, 0.15) is 11.1 Å². The first-order valence-corrected chi connectivity index (χ1v) is 7.93. The van der Waals surface area contributed by atoms with Gasteiger partial charge in [-0.2, -0.15) is 0 Å². The van der Waals surface area contributed by atoms with E-state index < -0.39 is 11.8 Å². The molecule has 2 rings (SSSR count). The fourth-order valence-electron chi connectivity index (χ4n) is 2.41. The second-order valence-electron chi connectivity index (χ2n) is 5.48. The molecule has 26 heavy (non-hydrogen) atoms. The van der Waals surface area contributed by atoms with Crippen LogP contribution in [0.2, 0.25) is 0 Å². The van der Waals surface area contributed by atoms with Crippen molar-refractivity contribution in [1.29, 1.82) is 0 Å². The fraction of sp³-hybridized carbons (Fsp3) is 0.263. The first-order valence-electron chi connectivity index (χ1n) is 7.93. The van der Waals surface area contributed by atoms with Gasteiger partial charge in [-0.05, 0) is 18.1 Å². The van der Waals surface area contributed by atoms with Gasteiger partial charge in [-0.15, -0.1) is 0 Å². The Bertz CT molecular complexity index is 779. The second kappa shape index (κ2) is 8.75. The summed E-state index contributed by atoms with van der Waals surface area (Å²) >= 11 is 0. The van der Waals surface area contributed by atoms with E-state index in [1.165, 1.54) is 21.3 Å². The highest BCUT2D eigenvalue weighted by Crippen LogP contribution is 2.39. The Kier molecular flexibility index (Phi) is 6.43. The Hall–Kier alpha value is -3.22. The number of rotatable bonds is 6. The van der Waals surface area contributed by atoms with Crippen LogP contribution in [0.5, 0.6) is 17.2 Å². The third-order valence-corrected chi connectivity index (χ3v) is 3.83. The third-order valence-electron chi connectivity index (χ3n) is 3.83. The molecule has 0 fully saturated rings. The highest BCUT2D eigenvalue weighted by Gasteiger charge is 2.18. The zero-order valence-electron chi connectivity index (χ0n) is 15.2. The summed E-state index contributed by atoms with van der Waals surface area (Å²) in [5.74, 6) is -0.364. The lowest BCUT2D eigenvalue weighted by molar-refractivity contribution is -0.136. The predicted molar refractivity (Wildman–Crippen MR) is 97.8 cm³/mol. The zero-order valence-corrected chi connectivity index (χ0v) is 15.2. The van der Waals surface area contributed by atoms with Crippen molar-refractivity contribution in [3.05, 3.63) is 47.5 Å². The van der Waals surface area contributed by atoms with Gasteiger partial charge in [-0.1, -0.05) is 24.3 Å². The fourth-order valence-corrected chi connectivity index (χ4v) is 2.41. The molecule has 0 aliphatic rings. The van der Waals surface area contributed by atoms with E-state index in [-0.39, 0.29) is 6.54 Å². The second-order valence-corrected chi connectivity index (χ2v) is 5.48. The van der Waals surface area contributed by atoms with Crippen molar-refractivity contribution < 1.29 is 23.8 Å². The van der Waals surface area contributed by atoms with Crippen molar-refractivity contribution in [2.24, 2.45) is 0 Å². The standard InChI is InChI=1S/C19H22N2O5/c1-12-7-5-6-8-13(12)11-20-18(22)19(23)21-14-9-15(24-2)17(26-4)16(10-14)25-3/h5-10H,11H2,1-4H3,(H,20,22)(H,21,23). The summed E-state index contributed by atoms with van der Waals surface area (Å²) < 4.78 is 15.7. The number of aryl methyl sites for hydroxylation is 1. The van der Waals surface area contributed by atoms with Crippen LogP contribution in [0, 0.1) is 6.92 Å². The molecule has 0 saturated carbocycles. The number of benzene rings is 2. The van der Waals surface area contributed by atoms with Gasteiger partial charge in [-0.25, -0.2) is 0 Å². The van der Waals surface area contributed by atoms with Crippen LogP contribution < -0.4 is 24.8 Å². The van der Waals surface area contributed by atoms with Gasteiger partial charge in [0, 0.05) is 24.4 Å². The Morgan fingerprint density at radius 2 is 1.54 bits per heavy atom. The molecule has 2 aromatic carbocycles. The van der Waals surface area contributed by atoms with Crippen LogP contribution in [-0.2, 0) is 16.1 Å². The molecule has 0 atom stereocenters. The Morgan fingerprint density at radius 3 is 2.08 bits per heavy atom. The molecule has 2 aromatic rings. The van der Waals surface area contributed by atoms with E-state index in [0.29, 0.717) is 22.9 Å². The van der Waals surface area contributed by atoms with Gasteiger partial charge in [0.15, 0.2) is 11.5 Å². The van der Waals surface area contributed by atoms with Crippen LogP contribution in [-0.4, -0.2) is 33.1 Å². The highest BCUT2D eigenvalue weighted by atomic mass is 16.5.